The Hall–Kier alpha value is -4.15. The van der Waals surface area contributed by atoms with Crippen LogP contribution in [0, 0.1) is 6.92 Å². The van der Waals surface area contributed by atoms with Crippen molar-refractivity contribution in [3.63, 3.8) is 0 Å². The third-order valence-corrected chi connectivity index (χ3v) is 7.81. The van der Waals surface area contributed by atoms with Crippen LogP contribution in [0.25, 0.3) is 5.76 Å². The molecule has 5 rings (SSSR count). The standard InChI is InChI=1S/C29H23BrN2O6S/c1-16-5-3-4-6-18(16)15-38-20-9-7-17(8-10-20)25(33)23-24(19-13-21(30)26(34)22(14-19)37-2)32(28(36)27(23)35)29-31-11-12-39-29/h3-14,24,33-34H,15H2,1-2H3/b25-23+. The zero-order valence-corrected chi connectivity index (χ0v) is 23.3. The van der Waals surface area contributed by atoms with Gasteiger partial charge in [0.05, 0.1) is 23.2 Å². The Morgan fingerprint density at radius 3 is 2.54 bits per heavy atom. The molecule has 0 spiro atoms. The van der Waals surface area contributed by atoms with Crippen LogP contribution < -0.4 is 14.4 Å². The lowest BCUT2D eigenvalue weighted by atomic mass is 9.95. The van der Waals surface area contributed by atoms with Crippen molar-refractivity contribution in [3.8, 4) is 17.2 Å². The highest BCUT2D eigenvalue weighted by Gasteiger charge is 2.48. The van der Waals surface area contributed by atoms with Gasteiger partial charge in [0.2, 0.25) is 0 Å². The Balaban J connectivity index is 1.54. The molecule has 3 aromatic carbocycles. The van der Waals surface area contributed by atoms with Crippen LogP contribution in [0.15, 0.2) is 82.3 Å². The largest absolute Gasteiger partial charge is 0.507 e. The molecule has 1 aliphatic rings. The van der Waals surface area contributed by atoms with Crippen LogP contribution in [-0.2, 0) is 16.2 Å². The number of ether oxygens (including phenoxy) is 2. The molecule has 2 N–H and O–H groups in total. The van der Waals surface area contributed by atoms with Gasteiger partial charge >= 0.3 is 5.91 Å². The summed E-state index contributed by atoms with van der Waals surface area (Å²) in [6.07, 6.45) is 1.53. The normalized spacial score (nSPS) is 16.5. The van der Waals surface area contributed by atoms with Crippen LogP contribution >= 0.6 is 27.3 Å². The van der Waals surface area contributed by atoms with E-state index < -0.39 is 17.7 Å². The first kappa shape index (κ1) is 26.5. The second-order valence-corrected chi connectivity index (χ2v) is 10.5. The number of phenols is 1. The van der Waals surface area contributed by atoms with Crippen LogP contribution in [0.1, 0.15) is 28.3 Å². The van der Waals surface area contributed by atoms with E-state index in [1.165, 1.54) is 35.6 Å². The van der Waals surface area contributed by atoms with Gasteiger partial charge in [-0.25, -0.2) is 4.98 Å². The van der Waals surface area contributed by atoms with E-state index in [-0.39, 0.29) is 22.8 Å². The van der Waals surface area contributed by atoms with E-state index in [0.717, 1.165) is 11.1 Å². The summed E-state index contributed by atoms with van der Waals surface area (Å²) in [5, 5.41) is 23.7. The number of aryl methyl sites for hydroxylation is 1. The molecule has 4 aromatic rings. The molecule has 1 atom stereocenters. The Labute approximate surface area is 236 Å². The second kappa shape index (κ2) is 10.9. The Bertz CT molecular complexity index is 1580. The fourth-order valence-corrected chi connectivity index (χ4v) is 5.51. The molecule has 198 valence electrons. The molecule has 1 aliphatic heterocycles. The zero-order chi connectivity index (χ0) is 27.7. The van der Waals surface area contributed by atoms with E-state index in [1.54, 1.807) is 35.7 Å². The highest BCUT2D eigenvalue weighted by atomic mass is 79.9. The fraction of sp³-hybridized carbons (Fsp3) is 0.138. The number of amides is 1. The van der Waals surface area contributed by atoms with Crippen LogP contribution in [-0.4, -0.2) is 34.0 Å². The van der Waals surface area contributed by atoms with Gasteiger partial charge in [-0.05, 0) is 75.9 Å². The van der Waals surface area contributed by atoms with Crippen LogP contribution in [0.5, 0.6) is 17.2 Å². The zero-order valence-electron chi connectivity index (χ0n) is 20.9. The first-order chi connectivity index (χ1) is 18.8. The van der Waals surface area contributed by atoms with E-state index in [4.69, 9.17) is 9.47 Å². The Morgan fingerprint density at radius 2 is 1.87 bits per heavy atom. The number of thiazole rings is 1. The predicted molar refractivity (Wildman–Crippen MR) is 151 cm³/mol. The molecule has 0 aliphatic carbocycles. The average Bonchev–Trinajstić information content (AvgIpc) is 3.56. The lowest BCUT2D eigenvalue weighted by Crippen LogP contribution is -2.29. The number of aliphatic hydroxyl groups excluding tert-OH is 1. The van der Waals surface area contributed by atoms with Gasteiger partial charge in [-0.2, -0.15) is 0 Å². The van der Waals surface area contributed by atoms with Gasteiger partial charge < -0.3 is 19.7 Å². The van der Waals surface area contributed by atoms with Gasteiger partial charge in [-0.15, -0.1) is 11.3 Å². The molecule has 0 saturated carbocycles. The molecule has 8 nitrogen and oxygen atoms in total. The number of halogens is 1. The molecule has 1 aromatic heterocycles. The number of anilines is 1. The minimum absolute atomic E-state index is 0.108. The lowest BCUT2D eigenvalue weighted by Gasteiger charge is -2.24. The Kier molecular flexibility index (Phi) is 7.40. The number of phenolic OH excluding ortho intramolecular Hbond substituents is 1. The summed E-state index contributed by atoms with van der Waals surface area (Å²) in [4.78, 5) is 32.0. The molecular weight excluding hydrogens is 584 g/mol. The number of carbonyl (C=O) groups is 2. The predicted octanol–water partition coefficient (Wildman–Crippen LogP) is 6.13. The second-order valence-electron chi connectivity index (χ2n) is 8.78. The van der Waals surface area contributed by atoms with E-state index in [9.17, 15) is 19.8 Å². The van der Waals surface area contributed by atoms with Crippen molar-refractivity contribution >= 4 is 49.8 Å². The topological polar surface area (TPSA) is 109 Å². The molecule has 1 saturated heterocycles. The number of aromatic nitrogens is 1. The van der Waals surface area contributed by atoms with E-state index in [0.29, 0.717) is 33.1 Å². The van der Waals surface area contributed by atoms with Gasteiger partial charge in [0, 0.05) is 17.1 Å². The van der Waals surface area contributed by atoms with Crippen LogP contribution in [0.2, 0.25) is 0 Å². The molecule has 0 radical (unpaired) electrons. The molecule has 10 heteroatoms. The van der Waals surface area contributed by atoms with Crippen LogP contribution in [0.3, 0.4) is 0 Å². The SMILES string of the molecule is COc1cc(C2/C(=C(\O)c3ccc(OCc4ccccc4C)cc3)C(=O)C(=O)N2c2nccs2)cc(Br)c1O. The van der Waals surface area contributed by atoms with Crippen molar-refractivity contribution in [2.24, 2.45) is 0 Å². The number of rotatable bonds is 7. The number of aromatic hydroxyl groups is 1. The van der Waals surface area contributed by atoms with Gasteiger partial charge in [-0.3, -0.25) is 14.5 Å². The number of benzene rings is 3. The summed E-state index contributed by atoms with van der Waals surface area (Å²) in [6, 6.07) is 16.7. The number of Topliss-reactive ketones (excluding diaryl/α,β-unsaturated/α-hetero) is 1. The quantitative estimate of drug-likeness (QED) is 0.148. The van der Waals surface area contributed by atoms with Gasteiger partial charge in [0.1, 0.15) is 18.1 Å². The van der Waals surface area contributed by atoms with Crippen molar-refractivity contribution in [2.75, 3.05) is 12.0 Å². The smallest absolute Gasteiger partial charge is 0.301 e. The monoisotopic (exact) mass is 606 g/mol. The van der Waals surface area contributed by atoms with Crippen molar-refractivity contribution in [1.29, 1.82) is 0 Å². The summed E-state index contributed by atoms with van der Waals surface area (Å²) < 4.78 is 11.5. The molecule has 1 unspecified atom stereocenters. The number of hydrogen-bond donors (Lipinski definition) is 2. The van der Waals surface area contributed by atoms with Crippen molar-refractivity contribution in [1.82, 2.24) is 4.98 Å². The molecule has 39 heavy (non-hydrogen) atoms. The lowest BCUT2D eigenvalue weighted by molar-refractivity contribution is -0.132. The van der Waals surface area contributed by atoms with E-state index in [1.807, 2.05) is 31.2 Å². The summed E-state index contributed by atoms with van der Waals surface area (Å²) in [6.45, 7) is 2.40. The number of nitrogens with zero attached hydrogens (tertiary/aromatic N) is 2. The summed E-state index contributed by atoms with van der Waals surface area (Å²) in [7, 11) is 1.39. The molecule has 0 bridgehead atoms. The van der Waals surface area contributed by atoms with E-state index >= 15 is 0 Å². The molecule has 2 heterocycles. The maximum atomic E-state index is 13.3. The summed E-state index contributed by atoms with van der Waals surface area (Å²) in [5.41, 5.74) is 2.84. The summed E-state index contributed by atoms with van der Waals surface area (Å²) >= 11 is 4.49. The maximum Gasteiger partial charge on any atom is 0.301 e. The van der Waals surface area contributed by atoms with E-state index in [2.05, 4.69) is 20.9 Å². The number of hydrogen-bond acceptors (Lipinski definition) is 8. The van der Waals surface area contributed by atoms with Crippen molar-refractivity contribution in [2.45, 2.75) is 19.6 Å². The summed E-state index contributed by atoms with van der Waals surface area (Å²) in [5.74, 6) is -1.42. The molecule has 1 amide bonds. The van der Waals surface area contributed by atoms with Gasteiger partial charge in [0.15, 0.2) is 16.6 Å². The highest BCUT2D eigenvalue weighted by Crippen LogP contribution is 2.46. The highest BCUT2D eigenvalue weighted by molar-refractivity contribution is 9.10. The average molecular weight is 607 g/mol. The minimum atomic E-state index is -1.01. The molecule has 1 fully saturated rings. The fourth-order valence-electron chi connectivity index (χ4n) is 4.39. The number of carbonyl (C=O) groups excluding carboxylic acids is 2. The minimum Gasteiger partial charge on any atom is -0.507 e. The Morgan fingerprint density at radius 1 is 1.13 bits per heavy atom. The van der Waals surface area contributed by atoms with Crippen LogP contribution in [0.4, 0.5) is 5.13 Å². The third-order valence-electron chi connectivity index (χ3n) is 6.44. The van der Waals surface area contributed by atoms with Crippen molar-refractivity contribution in [3.05, 3.63) is 105 Å². The molecular formula is C29H23BrN2O6S. The van der Waals surface area contributed by atoms with Gasteiger partial charge in [0.25, 0.3) is 5.78 Å². The van der Waals surface area contributed by atoms with Gasteiger partial charge in [-0.1, -0.05) is 24.3 Å². The first-order valence-electron chi connectivity index (χ1n) is 11.8. The maximum absolute atomic E-state index is 13.3. The number of aliphatic hydroxyl groups is 1. The van der Waals surface area contributed by atoms with Crippen molar-refractivity contribution < 1.29 is 29.3 Å². The first-order valence-corrected chi connectivity index (χ1v) is 13.5. The number of methoxy groups -OCH3 is 1. The third kappa shape index (κ3) is 5.00. The number of ketones is 1.